The van der Waals surface area contributed by atoms with Gasteiger partial charge in [0, 0.05) is 22.3 Å². The lowest BCUT2D eigenvalue weighted by Crippen LogP contribution is -2.27. The van der Waals surface area contributed by atoms with Crippen LogP contribution in [0.25, 0.3) is 22.3 Å². The first-order valence-electron chi connectivity index (χ1n) is 16.2. The van der Waals surface area contributed by atoms with Crippen molar-refractivity contribution in [3.8, 4) is 33.8 Å². The molecule has 0 spiro atoms. The number of esters is 4. The van der Waals surface area contributed by atoms with Crippen LogP contribution in [0, 0.1) is 0 Å². The summed E-state index contributed by atoms with van der Waals surface area (Å²) < 4.78 is 22.1. The van der Waals surface area contributed by atoms with Gasteiger partial charge in [0.25, 0.3) is 0 Å². The van der Waals surface area contributed by atoms with Gasteiger partial charge in [-0.2, -0.15) is 0 Å². The minimum atomic E-state index is -1.55. The lowest BCUT2D eigenvalue weighted by molar-refractivity contribution is -0.156. The molecule has 0 N–H and O–H groups in total. The first-order valence-corrected chi connectivity index (χ1v) is 18.5. The summed E-state index contributed by atoms with van der Waals surface area (Å²) in [5.41, 5.74) is 0.341. The molecule has 0 bridgehead atoms. The van der Waals surface area contributed by atoms with Crippen LogP contribution in [0.5, 0.6) is 11.5 Å². The van der Waals surface area contributed by atoms with Gasteiger partial charge < -0.3 is 18.9 Å². The number of hydrogen-bond acceptors (Lipinski definition) is 8. The van der Waals surface area contributed by atoms with Gasteiger partial charge in [-0.05, 0) is 49.2 Å². The van der Waals surface area contributed by atoms with Crippen molar-refractivity contribution in [2.45, 2.75) is 52.4 Å². The summed E-state index contributed by atoms with van der Waals surface area (Å²) in [4.78, 5) is 53.8. The van der Waals surface area contributed by atoms with Gasteiger partial charge in [-0.15, -0.1) is 0 Å². The van der Waals surface area contributed by atoms with Crippen LogP contribution in [0.2, 0.25) is 30.1 Å². The Bertz CT molecular complexity index is 1840. The maximum atomic E-state index is 13.6. The van der Waals surface area contributed by atoms with E-state index in [0.717, 1.165) is 25.7 Å². The van der Waals surface area contributed by atoms with E-state index >= 15 is 0 Å². The Labute approximate surface area is 331 Å². The summed E-state index contributed by atoms with van der Waals surface area (Å²) in [5.74, 6) is -5.47. The van der Waals surface area contributed by atoms with E-state index < -0.39 is 23.9 Å². The minimum Gasteiger partial charge on any atom is -0.462 e. The SMILES string of the molecule is CCCCCOC(=O)c1cccc(-c2cc(Cl)c(Cl)cc2Cl)c1OC(=O)C(=O)Oc1c(C(=O)OCCCCC)cccc1-c1cc(Cl)c(Cl)cc1Cl. The number of halogens is 6. The van der Waals surface area contributed by atoms with E-state index in [2.05, 4.69) is 0 Å². The fourth-order valence-corrected chi connectivity index (χ4v) is 6.25. The van der Waals surface area contributed by atoms with Crippen LogP contribution in [0.4, 0.5) is 0 Å². The van der Waals surface area contributed by atoms with E-state index in [9.17, 15) is 19.2 Å². The van der Waals surface area contributed by atoms with E-state index in [1.54, 1.807) is 0 Å². The Balaban J connectivity index is 1.77. The van der Waals surface area contributed by atoms with Crippen molar-refractivity contribution in [2.75, 3.05) is 13.2 Å². The Morgan fingerprint density at radius 1 is 0.481 bits per heavy atom. The number of para-hydroxylation sites is 2. The lowest BCUT2D eigenvalue weighted by atomic mass is 10.0. The van der Waals surface area contributed by atoms with Gasteiger partial charge in [0.05, 0.1) is 43.3 Å². The molecule has 0 aromatic heterocycles. The molecule has 0 amide bonds. The van der Waals surface area contributed by atoms with Crippen molar-refractivity contribution in [2.24, 2.45) is 0 Å². The standard InChI is InChI=1S/C38H32Cl6O8/c1-3-5-7-15-49-35(45)23-13-9-11-21(25-17-29(41)31(43)19-27(25)39)33(23)51-37(47)38(48)52-34-22(26-18-30(42)32(44)20-28(26)40)12-10-14-24(34)36(46)50-16-8-6-4-2/h9-14,17-20H,3-8,15-16H2,1-2H3. The van der Waals surface area contributed by atoms with Crippen LogP contribution in [-0.4, -0.2) is 37.1 Å². The molecule has 52 heavy (non-hydrogen) atoms. The second-order valence-electron chi connectivity index (χ2n) is 11.3. The number of carbonyl (C=O) groups excluding carboxylic acids is 4. The number of benzene rings is 4. The highest BCUT2D eigenvalue weighted by atomic mass is 35.5. The molecular weight excluding hydrogens is 797 g/mol. The van der Waals surface area contributed by atoms with E-state index in [1.165, 1.54) is 60.7 Å². The molecule has 0 heterocycles. The van der Waals surface area contributed by atoms with Gasteiger partial charge in [0.1, 0.15) is 11.1 Å². The minimum absolute atomic E-state index is 0.102. The third-order valence-electron chi connectivity index (χ3n) is 7.59. The predicted molar refractivity (Wildman–Crippen MR) is 205 cm³/mol. The van der Waals surface area contributed by atoms with Gasteiger partial charge in [-0.25, -0.2) is 19.2 Å². The van der Waals surface area contributed by atoms with Gasteiger partial charge in [-0.1, -0.05) is 133 Å². The van der Waals surface area contributed by atoms with Crippen molar-refractivity contribution in [1.82, 2.24) is 0 Å². The summed E-state index contributed by atoms with van der Waals surface area (Å²) in [5, 5.41) is 0.775. The second kappa shape index (κ2) is 19.5. The van der Waals surface area contributed by atoms with Crippen LogP contribution in [0.15, 0.2) is 60.7 Å². The zero-order valence-corrected chi connectivity index (χ0v) is 32.5. The van der Waals surface area contributed by atoms with Gasteiger partial charge in [0.2, 0.25) is 0 Å². The maximum Gasteiger partial charge on any atom is 0.423 e. The highest BCUT2D eigenvalue weighted by Crippen LogP contribution is 2.43. The molecule has 0 radical (unpaired) electrons. The van der Waals surface area contributed by atoms with Crippen LogP contribution >= 0.6 is 69.6 Å². The molecule has 4 aromatic carbocycles. The molecule has 0 aliphatic carbocycles. The highest BCUT2D eigenvalue weighted by molar-refractivity contribution is 6.45. The molecule has 0 aliphatic heterocycles. The smallest absolute Gasteiger partial charge is 0.423 e. The van der Waals surface area contributed by atoms with Crippen LogP contribution in [0.3, 0.4) is 0 Å². The molecule has 8 nitrogen and oxygen atoms in total. The zero-order valence-electron chi connectivity index (χ0n) is 28.0. The summed E-state index contributed by atoms with van der Waals surface area (Å²) in [7, 11) is 0. The molecule has 274 valence electrons. The second-order valence-corrected chi connectivity index (χ2v) is 13.8. The number of hydrogen-bond donors (Lipinski definition) is 0. The Kier molecular flexibility index (Phi) is 15.5. The zero-order chi connectivity index (χ0) is 37.9. The topological polar surface area (TPSA) is 105 Å². The van der Waals surface area contributed by atoms with E-state index in [4.69, 9.17) is 88.6 Å². The third kappa shape index (κ3) is 10.3. The van der Waals surface area contributed by atoms with Crippen molar-refractivity contribution in [1.29, 1.82) is 0 Å². The molecule has 0 aliphatic rings. The fraction of sp³-hybridized carbons (Fsp3) is 0.263. The molecule has 4 rings (SSSR count). The van der Waals surface area contributed by atoms with Crippen LogP contribution in [-0.2, 0) is 19.1 Å². The van der Waals surface area contributed by atoms with Crippen molar-refractivity contribution < 1.29 is 38.1 Å². The van der Waals surface area contributed by atoms with Crippen molar-refractivity contribution in [3.63, 3.8) is 0 Å². The summed E-state index contributed by atoms with van der Waals surface area (Å²) in [6.07, 6.45) is 4.65. The molecule has 0 atom stereocenters. The highest BCUT2D eigenvalue weighted by Gasteiger charge is 2.30. The molecule has 0 unspecified atom stereocenters. The Morgan fingerprint density at radius 2 is 0.846 bits per heavy atom. The van der Waals surface area contributed by atoms with Gasteiger partial charge >= 0.3 is 23.9 Å². The lowest BCUT2D eigenvalue weighted by Gasteiger charge is -2.17. The van der Waals surface area contributed by atoms with Crippen molar-refractivity contribution in [3.05, 3.63) is 102 Å². The van der Waals surface area contributed by atoms with E-state index in [-0.39, 0.29) is 88.2 Å². The van der Waals surface area contributed by atoms with E-state index in [0.29, 0.717) is 12.8 Å². The normalized spacial score (nSPS) is 10.8. The molecule has 0 saturated heterocycles. The number of unbranched alkanes of at least 4 members (excludes halogenated alkanes) is 4. The Hall–Kier alpha value is -3.50. The monoisotopic (exact) mass is 826 g/mol. The third-order valence-corrected chi connectivity index (χ3v) is 9.66. The molecule has 0 fully saturated rings. The molecular formula is C38H32Cl6O8. The van der Waals surface area contributed by atoms with Crippen LogP contribution in [0.1, 0.15) is 73.1 Å². The average molecular weight is 829 g/mol. The maximum absolute atomic E-state index is 13.6. The number of ether oxygens (including phenoxy) is 4. The molecule has 0 saturated carbocycles. The first kappa shape index (κ1) is 41.3. The van der Waals surface area contributed by atoms with Crippen LogP contribution < -0.4 is 9.47 Å². The molecule has 4 aromatic rings. The quantitative estimate of drug-likeness (QED) is 0.0407. The number of rotatable bonds is 14. The number of carbonyl (C=O) groups is 4. The van der Waals surface area contributed by atoms with Gasteiger partial charge in [0.15, 0.2) is 11.5 Å². The fourth-order valence-electron chi connectivity index (χ4n) is 4.96. The summed E-state index contributed by atoms with van der Waals surface area (Å²) >= 11 is 37.9. The largest absolute Gasteiger partial charge is 0.462 e. The Morgan fingerprint density at radius 3 is 1.21 bits per heavy atom. The summed E-state index contributed by atoms with van der Waals surface area (Å²) in [6, 6.07) is 14.4. The molecule has 14 heteroatoms. The summed E-state index contributed by atoms with van der Waals surface area (Å²) in [6.45, 7) is 4.20. The van der Waals surface area contributed by atoms with E-state index in [1.807, 2.05) is 13.8 Å². The van der Waals surface area contributed by atoms with Gasteiger partial charge in [-0.3, -0.25) is 0 Å². The first-order chi connectivity index (χ1) is 24.9. The average Bonchev–Trinajstić information content (AvgIpc) is 3.11. The van der Waals surface area contributed by atoms with Crippen molar-refractivity contribution >= 4 is 93.5 Å². The predicted octanol–water partition coefficient (Wildman–Crippen LogP) is 12.1.